The molecular formula is C10H10F3N. The Morgan fingerprint density at radius 1 is 1.21 bits per heavy atom. The molecule has 1 aromatic rings. The van der Waals surface area contributed by atoms with Crippen LogP contribution >= 0.6 is 0 Å². The predicted molar refractivity (Wildman–Crippen MR) is 46.7 cm³/mol. The van der Waals surface area contributed by atoms with Gasteiger partial charge in [-0.2, -0.15) is 8.78 Å². The number of halogens is 3. The highest BCUT2D eigenvalue weighted by atomic mass is 19.3. The van der Waals surface area contributed by atoms with Crippen LogP contribution in [0.4, 0.5) is 13.2 Å². The van der Waals surface area contributed by atoms with E-state index >= 15 is 0 Å². The Labute approximate surface area is 79.9 Å². The van der Waals surface area contributed by atoms with Crippen molar-refractivity contribution in [3.05, 3.63) is 35.6 Å². The van der Waals surface area contributed by atoms with Crippen LogP contribution in [0.25, 0.3) is 0 Å². The van der Waals surface area contributed by atoms with Crippen LogP contribution in [0, 0.1) is 5.82 Å². The van der Waals surface area contributed by atoms with Gasteiger partial charge in [0.05, 0.1) is 6.04 Å². The highest BCUT2D eigenvalue weighted by Crippen LogP contribution is 2.35. The average Bonchev–Trinajstić information content (AvgIpc) is 2.00. The van der Waals surface area contributed by atoms with E-state index in [1.54, 1.807) is 0 Å². The van der Waals surface area contributed by atoms with Crippen molar-refractivity contribution in [2.24, 2.45) is 0 Å². The monoisotopic (exact) mass is 201 g/mol. The number of hydrogen-bond acceptors (Lipinski definition) is 1. The van der Waals surface area contributed by atoms with Gasteiger partial charge in [-0.1, -0.05) is 12.1 Å². The van der Waals surface area contributed by atoms with Gasteiger partial charge in [0.25, 0.3) is 5.92 Å². The van der Waals surface area contributed by atoms with E-state index in [0.717, 1.165) is 24.3 Å². The summed E-state index contributed by atoms with van der Waals surface area (Å²) in [6.45, 7) is 0.626. The van der Waals surface area contributed by atoms with E-state index in [9.17, 15) is 13.2 Å². The zero-order valence-corrected chi connectivity index (χ0v) is 7.43. The molecule has 0 radical (unpaired) electrons. The molecule has 0 aromatic heterocycles. The summed E-state index contributed by atoms with van der Waals surface area (Å²) in [4.78, 5) is 0. The zero-order valence-electron chi connectivity index (χ0n) is 7.43. The van der Waals surface area contributed by atoms with Crippen LogP contribution in [0.15, 0.2) is 24.3 Å². The van der Waals surface area contributed by atoms with Crippen molar-refractivity contribution in [2.45, 2.75) is 18.4 Å². The van der Waals surface area contributed by atoms with Gasteiger partial charge in [-0.15, -0.1) is 0 Å². The Morgan fingerprint density at radius 2 is 1.79 bits per heavy atom. The minimum absolute atomic E-state index is 0.129. The number of nitrogens with one attached hydrogen (secondary N) is 1. The first-order chi connectivity index (χ1) is 6.60. The first kappa shape index (κ1) is 9.52. The summed E-state index contributed by atoms with van der Waals surface area (Å²) in [5, 5.41) is 2.66. The fourth-order valence-corrected chi connectivity index (χ4v) is 1.47. The third-order valence-electron chi connectivity index (χ3n) is 2.49. The van der Waals surface area contributed by atoms with Crippen LogP contribution in [0.3, 0.4) is 0 Å². The van der Waals surface area contributed by atoms with Crippen LogP contribution in [0.2, 0.25) is 0 Å². The lowest BCUT2D eigenvalue weighted by molar-refractivity contribution is -0.0646. The molecule has 0 spiro atoms. The molecule has 0 aliphatic carbocycles. The maximum Gasteiger partial charge on any atom is 0.288 e. The third kappa shape index (κ3) is 1.50. The molecule has 76 valence electrons. The zero-order chi connectivity index (χ0) is 10.2. The Morgan fingerprint density at radius 3 is 2.21 bits per heavy atom. The SMILES string of the molecule is Fc1ccc(C(F)(F)C2CCN2)cc1. The minimum Gasteiger partial charge on any atom is -0.308 e. The van der Waals surface area contributed by atoms with Gasteiger partial charge in [0, 0.05) is 5.56 Å². The lowest BCUT2D eigenvalue weighted by atomic mass is 9.94. The van der Waals surface area contributed by atoms with Gasteiger partial charge in [-0.25, -0.2) is 4.39 Å². The van der Waals surface area contributed by atoms with E-state index in [4.69, 9.17) is 0 Å². The lowest BCUT2D eigenvalue weighted by Crippen LogP contribution is -2.53. The van der Waals surface area contributed by atoms with E-state index in [2.05, 4.69) is 5.32 Å². The molecule has 1 aliphatic heterocycles. The van der Waals surface area contributed by atoms with E-state index in [-0.39, 0.29) is 5.56 Å². The molecule has 1 nitrogen and oxygen atoms in total. The van der Waals surface area contributed by atoms with Gasteiger partial charge in [0.2, 0.25) is 0 Å². The lowest BCUT2D eigenvalue weighted by Gasteiger charge is -2.34. The summed E-state index contributed by atoms with van der Waals surface area (Å²) < 4.78 is 39.6. The Balaban J connectivity index is 2.23. The van der Waals surface area contributed by atoms with E-state index in [0.29, 0.717) is 13.0 Å². The molecule has 14 heavy (non-hydrogen) atoms. The summed E-state index contributed by atoms with van der Waals surface area (Å²) in [7, 11) is 0. The van der Waals surface area contributed by atoms with Crippen molar-refractivity contribution in [3.63, 3.8) is 0 Å². The average molecular weight is 201 g/mol. The molecular weight excluding hydrogens is 191 g/mol. The van der Waals surface area contributed by atoms with E-state index in [1.807, 2.05) is 0 Å². The van der Waals surface area contributed by atoms with Crippen molar-refractivity contribution in [3.8, 4) is 0 Å². The number of rotatable bonds is 2. The van der Waals surface area contributed by atoms with Gasteiger partial charge >= 0.3 is 0 Å². The summed E-state index contributed by atoms with van der Waals surface area (Å²) in [6.07, 6.45) is 0.463. The van der Waals surface area contributed by atoms with Gasteiger partial charge < -0.3 is 5.32 Å². The van der Waals surface area contributed by atoms with Crippen LogP contribution in [0.1, 0.15) is 12.0 Å². The van der Waals surface area contributed by atoms with Crippen molar-refractivity contribution in [1.82, 2.24) is 5.32 Å². The van der Waals surface area contributed by atoms with Gasteiger partial charge in [0.1, 0.15) is 5.82 Å². The molecule has 1 fully saturated rings. The minimum atomic E-state index is -2.90. The standard InChI is InChI=1S/C10H10F3N/c11-8-3-1-7(2-4-8)10(12,13)9-5-6-14-9/h1-4,9,14H,5-6H2. The van der Waals surface area contributed by atoms with Gasteiger partial charge in [0.15, 0.2) is 0 Å². The molecule has 1 unspecified atom stereocenters. The molecule has 1 heterocycles. The first-order valence-electron chi connectivity index (χ1n) is 4.48. The Kier molecular flexibility index (Phi) is 2.23. The highest BCUT2D eigenvalue weighted by molar-refractivity contribution is 5.23. The summed E-state index contributed by atoms with van der Waals surface area (Å²) >= 11 is 0. The van der Waals surface area contributed by atoms with Crippen molar-refractivity contribution >= 4 is 0 Å². The topological polar surface area (TPSA) is 12.0 Å². The molecule has 0 saturated carbocycles. The molecule has 1 atom stereocenters. The van der Waals surface area contributed by atoms with Crippen molar-refractivity contribution in [2.75, 3.05) is 6.54 Å². The molecule has 1 saturated heterocycles. The second kappa shape index (κ2) is 3.28. The third-order valence-corrected chi connectivity index (χ3v) is 2.49. The fraction of sp³-hybridized carbons (Fsp3) is 0.400. The van der Waals surface area contributed by atoms with E-state index in [1.165, 1.54) is 0 Å². The first-order valence-corrected chi connectivity index (χ1v) is 4.48. The second-order valence-electron chi connectivity index (χ2n) is 3.43. The maximum absolute atomic E-state index is 13.5. The largest absolute Gasteiger partial charge is 0.308 e. The number of alkyl halides is 2. The Bertz CT molecular complexity index is 317. The van der Waals surface area contributed by atoms with Crippen LogP contribution in [-0.2, 0) is 5.92 Å². The second-order valence-corrected chi connectivity index (χ2v) is 3.43. The Hall–Kier alpha value is -1.03. The van der Waals surface area contributed by atoms with E-state index < -0.39 is 17.8 Å². The van der Waals surface area contributed by atoms with Gasteiger partial charge in [-0.05, 0) is 25.1 Å². The van der Waals surface area contributed by atoms with Gasteiger partial charge in [-0.3, -0.25) is 0 Å². The molecule has 4 heteroatoms. The van der Waals surface area contributed by atoms with Crippen molar-refractivity contribution in [1.29, 1.82) is 0 Å². The van der Waals surface area contributed by atoms with Crippen molar-refractivity contribution < 1.29 is 13.2 Å². The van der Waals surface area contributed by atoms with Crippen LogP contribution < -0.4 is 5.32 Å². The fourth-order valence-electron chi connectivity index (χ4n) is 1.47. The molecule has 0 bridgehead atoms. The summed E-state index contributed by atoms with van der Waals surface area (Å²) in [5.41, 5.74) is -0.129. The van der Waals surface area contributed by atoms with Crippen LogP contribution in [0.5, 0.6) is 0 Å². The molecule has 1 aromatic carbocycles. The quantitative estimate of drug-likeness (QED) is 0.774. The summed E-state index contributed by atoms with van der Waals surface area (Å²) in [6, 6.07) is 3.59. The highest BCUT2D eigenvalue weighted by Gasteiger charge is 2.44. The summed E-state index contributed by atoms with van der Waals surface area (Å²) in [5.74, 6) is -3.39. The number of hydrogen-bond donors (Lipinski definition) is 1. The molecule has 0 amide bonds. The number of benzene rings is 1. The normalized spacial score (nSPS) is 21.8. The van der Waals surface area contributed by atoms with Crippen LogP contribution in [-0.4, -0.2) is 12.6 Å². The molecule has 2 rings (SSSR count). The predicted octanol–water partition coefficient (Wildman–Crippen LogP) is 2.28. The molecule has 1 aliphatic rings. The molecule has 1 N–H and O–H groups in total. The maximum atomic E-state index is 13.5. The smallest absolute Gasteiger partial charge is 0.288 e.